The molecule has 0 unspecified atom stereocenters. The van der Waals surface area contributed by atoms with Crippen LogP contribution in [0.4, 0.5) is 4.39 Å². The van der Waals surface area contributed by atoms with E-state index in [1.807, 2.05) is 6.07 Å². The quantitative estimate of drug-likeness (QED) is 0.734. The first kappa shape index (κ1) is 21.4. The lowest BCUT2D eigenvalue weighted by Crippen LogP contribution is -2.47. The maximum absolute atomic E-state index is 13.6. The number of tetrazole rings is 1. The molecular formula is C21H31FN6O. The topological polar surface area (TPSA) is 75.9 Å². The average molecular weight is 403 g/mol. The van der Waals surface area contributed by atoms with Crippen molar-refractivity contribution in [2.45, 2.75) is 57.5 Å². The smallest absolute Gasteiger partial charge is 0.245 e. The molecule has 1 aromatic heterocycles. The van der Waals surface area contributed by atoms with Crippen molar-refractivity contribution in [1.29, 1.82) is 0 Å². The summed E-state index contributed by atoms with van der Waals surface area (Å²) in [7, 11) is 4.14. The highest BCUT2D eigenvalue weighted by Crippen LogP contribution is 2.28. The summed E-state index contributed by atoms with van der Waals surface area (Å²) in [6.45, 7) is 2.34. The van der Waals surface area contributed by atoms with Crippen LogP contribution in [0.2, 0.25) is 0 Å². The Morgan fingerprint density at radius 3 is 2.69 bits per heavy atom. The number of halogens is 1. The molecule has 29 heavy (non-hydrogen) atoms. The molecule has 8 heteroatoms. The Hall–Kier alpha value is -2.35. The van der Waals surface area contributed by atoms with Crippen LogP contribution in [0.1, 0.15) is 49.5 Å². The second-order valence-electron chi connectivity index (χ2n) is 8.19. The van der Waals surface area contributed by atoms with Crippen LogP contribution in [0.15, 0.2) is 24.3 Å². The Morgan fingerprint density at radius 1 is 1.31 bits per heavy atom. The van der Waals surface area contributed by atoms with Crippen LogP contribution in [0.5, 0.6) is 0 Å². The summed E-state index contributed by atoms with van der Waals surface area (Å²) in [6, 6.07) is 5.98. The molecule has 1 aliphatic carbocycles. The first-order valence-corrected chi connectivity index (χ1v) is 10.4. The first-order valence-electron chi connectivity index (χ1n) is 10.4. The van der Waals surface area contributed by atoms with Gasteiger partial charge in [0, 0.05) is 19.0 Å². The summed E-state index contributed by atoms with van der Waals surface area (Å²) in [5.41, 5.74) is 0.733. The van der Waals surface area contributed by atoms with E-state index in [9.17, 15) is 9.18 Å². The molecule has 1 heterocycles. The molecule has 1 amide bonds. The Labute approximate surface area is 171 Å². The first-order chi connectivity index (χ1) is 14.0. The van der Waals surface area contributed by atoms with E-state index in [1.165, 1.54) is 48.9 Å². The number of likely N-dealkylation sites (N-methyl/N-ethyl adjacent to an activating group) is 1. The fraction of sp³-hybridized carbons (Fsp3) is 0.619. The Bertz CT molecular complexity index is 802. The normalized spacial score (nSPS) is 17.3. The molecule has 0 saturated heterocycles. The molecule has 3 rings (SSSR count). The van der Waals surface area contributed by atoms with Crippen molar-refractivity contribution in [3.05, 3.63) is 41.5 Å². The van der Waals surface area contributed by atoms with Crippen LogP contribution < -0.4 is 5.32 Å². The molecule has 1 N–H and O–H groups in total. The standard InChI is InChI=1S/C21H31FN6O/c1-15-24-25-26-28(15)19(13-16-8-7-11-18(22)12-16)21(29)23-14-20(27(2)3)17-9-5-4-6-10-17/h7-8,11-12,17,19-20H,4-6,9-10,13-14H2,1-3H3,(H,23,29)/t19-,20-/m0/s1. The van der Waals surface area contributed by atoms with Crippen LogP contribution in [0.3, 0.4) is 0 Å². The van der Waals surface area contributed by atoms with Crippen LogP contribution in [-0.2, 0) is 11.2 Å². The fourth-order valence-corrected chi connectivity index (χ4v) is 4.32. The molecule has 2 aromatic rings. The lowest BCUT2D eigenvalue weighted by atomic mass is 9.83. The summed E-state index contributed by atoms with van der Waals surface area (Å²) >= 11 is 0. The molecule has 7 nitrogen and oxygen atoms in total. The van der Waals surface area contributed by atoms with Gasteiger partial charge in [-0.25, -0.2) is 9.07 Å². The molecular weight excluding hydrogens is 371 g/mol. The largest absolute Gasteiger partial charge is 0.353 e. The molecule has 1 aliphatic rings. The van der Waals surface area contributed by atoms with Crippen LogP contribution in [0.25, 0.3) is 0 Å². The number of aryl methyl sites for hydroxylation is 1. The number of carbonyl (C=O) groups is 1. The van der Waals surface area contributed by atoms with E-state index in [2.05, 4.69) is 39.8 Å². The van der Waals surface area contributed by atoms with Gasteiger partial charge in [0.1, 0.15) is 17.7 Å². The predicted octanol–water partition coefficient (Wildman–Crippen LogP) is 2.53. The van der Waals surface area contributed by atoms with Gasteiger partial charge in [0.2, 0.25) is 5.91 Å². The lowest BCUT2D eigenvalue weighted by Gasteiger charge is -2.35. The van der Waals surface area contributed by atoms with E-state index in [0.29, 0.717) is 30.7 Å². The van der Waals surface area contributed by atoms with Gasteiger partial charge in [0.05, 0.1) is 0 Å². The predicted molar refractivity (Wildman–Crippen MR) is 109 cm³/mol. The number of amides is 1. The molecule has 0 bridgehead atoms. The zero-order chi connectivity index (χ0) is 20.8. The minimum absolute atomic E-state index is 0.146. The zero-order valence-corrected chi connectivity index (χ0v) is 17.5. The van der Waals surface area contributed by atoms with Gasteiger partial charge in [0.25, 0.3) is 0 Å². The van der Waals surface area contributed by atoms with Gasteiger partial charge in [-0.1, -0.05) is 31.4 Å². The highest BCUT2D eigenvalue weighted by atomic mass is 19.1. The van der Waals surface area contributed by atoms with E-state index in [-0.39, 0.29) is 11.7 Å². The number of hydrogen-bond acceptors (Lipinski definition) is 5. The van der Waals surface area contributed by atoms with Gasteiger partial charge in [-0.15, -0.1) is 5.10 Å². The van der Waals surface area contributed by atoms with E-state index < -0.39 is 6.04 Å². The van der Waals surface area contributed by atoms with Crippen molar-refractivity contribution < 1.29 is 9.18 Å². The number of nitrogens with zero attached hydrogens (tertiary/aromatic N) is 5. The Kier molecular flexibility index (Phi) is 7.30. The van der Waals surface area contributed by atoms with Crippen molar-refractivity contribution in [2.24, 2.45) is 5.92 Å². The lowest BCUT2D eigenvalue weighted by molar-refractivity contribution is -0.125. The van der Waals surface area contributed by atoms with E-state index in [0.717, 1.165) is 5.56 Å². The number of carbonyl (C=O) groups excluding carboxylic acids is 1. The van der Waals surface area contributed by atoms with Gasteiger partial charge < -0.3 is 10.2 Å². The second kappa shape index (κ2) is 9.91. The van der Waals surface area contributed by atoms with Crippen molar-refractivity contribution >= 4 is 5.91 Å². The fourth-order valence-electron chi connectivity index (χ4n) is 4.32. The third kappa shape index (κ3) is 5.59. The van der Waals surface area contributed by atoms with Crippen molar-refractivity contribution in [1.82, 2.24) is 30.4 Å². The molecule has 158 valence electrons. The summed E-state index contributed by atoms with van der Waals surface area (Å²) in [4.78, 5) is 15.4. The van der Waals surface area contributed by atoms with Gasteiger partial charge >= 0.3 is 0 Å². The second-order valence-corrected chi connectivity index (χ2v) is 8.19. The van der Waals surface area contributed by atoms with Crippen LogP contribution in [-0.4, -0.2) is 57.7 Å². The number of nitrogens with one attached hydrogen (secondary N) is 1. The average Bonchev–Trinajstić information content (AvgIpc) is 3.12. The summed E-state index contributed by atoms with van der Waals surface area (Å²) in [6.07, 6.45) is 6.56. The summed E-state index contributed by atoms with van der Waals surface area (Å²) in [5, 5.41) is 14.7. The highest BCUT2D eigenvalue weighted by molar-refractivity contribution is 5.80. The zero-order valence-electron chi connectivity index (χ0n) is 17.5. The minimum Gasteiger partial charge on any atom is -0.353 e. The molecule has 1 fully saturated rings. The third-order valence-electron chi connectivity index (χ3n) is 5.92. The molecule has 0 radical (unpaired) electrons. The van der Waals surface area contributed by atoms with E-state index in [1.54, 1.807) is 13.0 Å². The molecule has 2 atom stereocenters. The molecule has 0 aliphatic heterocycles. The van der Waals surface area contributed by atoms with Crippen molar-refractivity contribution in [3.63, 3.8) is 0 Å². The van der Waals surface area contributed by atoms with Crippen molar-refractivity contribution in [3.8, 4) is 0 Å². The minimum atomic E-state index is -0.624. The SMILES string of the molecule is Cc1nnnn1[C@@H](Cc1cccc(F)c1)C(=O)NC[C@@H](C1CCCCC1)N(C)C. The Morgan fingerprint density at radius 2 is 2.07 bits per heavy atom. The Balaban J connectivity index is 1.73. The van der Waals surface area contributed by atoms with Gasteiger partial charge in [-0.05, 0) is 67.9 Å². The third-order valence-corrected chi connectivity index (χ3v) is 5.92. The van der Waals surface area contributed by atoms with E-state index in [4.69, 9.17) is 0 Å². The van der Waals surface area contributed by atoms with E-state index >= 15 is 0 Å². The van der Waals surface area contributed by atoms with Gasteiger partial charge in [0.15, 0.2) is 0 Å². The maximum atomic E-state index is 13.6. The summed E-state index contributed by atoms with van der Waals surface area (Å²) in [5.74, 6) is 0.681. The van der Waals surface area contributed by atoms with Crippen molar-refractivity contribution in [2.75, 3.05) is 20.6 Å². The maximum Gasteiger partial charge on any atom is 0.245 e. The molecule has 0 spiro atoms. The number of benzene rings is 1. The van der Waals surface area contributed by atoms with Gasteiger partial charge in [-0.2, -0.15) is 0 Å². The molecule has 1 saturated carbocycles. The molecule has 1 aromatic carbocycles. The number of rotatable bonds is 8. The van der Waals surface area contributed by atoms with Gasteiger partial charge in [-0.3, -0.25) is 4.79 Å². The number of hydrogen-bond donors (Lipinski definition) is 1. The highest BCUT2D eigenvalue weighted by Gasteiger charge is 2.29. The summed E-state index contributed by atoms with van der Waals surface area (Å²) < 4.78 is 15.2. The van der Waals surface area contributed by atoms with Crippen LogP contribution in [0, 0.1) is 18.7 Å². The van der Waals surface area contributed by atoms with Crippen LogP contribution >= 0.6 is 0 Å². The monoisotopic (exact) mass is 402 g/mol. The number of aromatic nitrogens is 4.